The minimum atomic E-state index is 0.682. The van der Waals surface area contributed by atoms with Gasteiger partial charge < -0.3 is 10.1 Å². The molecule has 2 rings (SSSR count). The Morgan fingerprint density at radius 1 is 1.44 bits per heavy atom. The molecule has 5 nitrogen and oxygen atoms in total. The molecule has 2 heterocycles. The van der Waals surface area contributed by atoms with E-state index in [-0.39, 0.29) is 0 Å². The molecule has 0 amide bonds. The summed E-state index contributed by atoms with van der Waals surface area (Å²) >= 11 is 0. The Balaban J connectivity index is 2.02. The molecule has 0 unspecified atom stereocenters. The van der Waals surface area contributed by atoms with Crippen LogP contribution in [0.4, 0.5) is 5.82 Å². The number of nitrogens with one attached hydrogen (secondary N) is 2. The number of pyridine rings is 1. The van der Waals surface area contributed by atoms with Gasteiger partial charge in [0.1, 0.15) is 0 Å². The Kier molecular flexibility index (Phi) is 4.17. The Morgan fingerprint density at radius 3 is 3.06 bits per heavy atom. The van der Waals surface area contributed by atoms with E-state index in [9.17, 15) is 0 Å². The SMILES string of the molecule is CCCOc1cccnc1NCc1cn[nH]c1C. The Morgan fingerprint density at radius 2 is 2.33 bits per heavy atom. The number of anilines is 1. The number of H-pyrrole nitrogens is 1. The summed E-state index contributed by atoms with van der Waals surface area (Å²) in [5.41, 5.74) is 2.19. The van der Waals surface area contributed by atoms with Crippen molar-refractivity contribution in [2.45, 2.75) is 26.8 Å². The second kappa shape index (κ2) is 6.05. The van der Waals surface area contributed by atoms with Crippen molar-refractivity contribution in [3.8, 4) is 5.75 Å². The molecule has 0 aliphatic rings. The molecule has 0 aliphatic heterocycles. The monoisotopic (exact) mass is 246 g/mol. The van der Waals surface area contributed by atoms with E-state index in [1.54, 1.807) is 6.20 Å². The summed E-state index contributed by atoms with van der Waals surface area (Å²) < 4.78 is 5.64. The Bertz CT molecular complexity index is 495. The normalized spacial score (nSPS) is 10.3. The summed E-state index contributed by atoms with van der Waals surface area (Å²) in [7, 11) is 0. The van der Waals surface area contributed by atoms with Gasteiger partial charge in [-0.2, -0.15) is 5.10 Å². The average molecular weight is 246 g/mol. The molecule has 0 aromatic carbocycles. The van der Waals surface area contributed by atoms with Crippen LogP contribution in [0.25, 0.3) is 0 Å². The van der Waals surface area contributed by atoms with Crippen LogP contribution in [0.15, 0.2) is 24.5 Å². The number of nitrogens with zero attached hydrogens (tertiary/aromatic N) is 2. The second-order valence-electron chi connectivity index (χ2n) is 4.07. The molecule has 0 spiro atoms. The second-order valence-corrected chi connectivity index (χ2v) is 4.07. The lowest BCUT2D eigenvalue weighted by Crippen LogP contribution is -2.05. The van der Waals surface area contributed by atoms with Crippen molar-refractivity contribution in [2.75, 3.05) is 11.9 Å². The quantitative estimate of drug-likeness (QED) is 0.822. The van der Waals surface area contributed by atoms with Crippen molar-refractivity contribution >= 4 is 5.82 Å². The molecule has 0 fully saturated rings. The van der Waals surface area contributed by atoms with E-state index in [1.807, 2.05) is 25.3 Å². The fourth-order valence-electron chi connectivity index (χ4n) is 1.58. The predicted molar refractivity (Wildman–Crippen MR) is 70.7 cm³/mol. The standard InChI is InChI=1S/C13H18N4O/c1-3-7-18-12-5-4-6-14-13(12)15-8-11-9-16-17-10(11)2/h4-6,9H,3,7-8H2,1-2H3,(H,14,15)(H,16,17). The van der Waals surface area contributed by atoms with Crippen molar-refractivity contribution in [3.63, 3.8) is 0 Å². The van der Waals surface area contributed by atoms with Gasteiger partial charge in [-0.3, -0.25) is 5.10 Å². The maximum absolute atomic E-state index is 5.64. The highest BCUT2D eigenvalue weighted by atomic mass is 16.5. The van der Waals surface area contributed by atoms with Crippen LogP contribution in [0, 0.1) is 6.92 Å². The van der Waals surface area contributed by atoms with Crippen LogP contribution in [-0.2, 0) is 6.54 Å². The van der Waals surface area contributed by atoms with Crippen LogP contribution >= 0.6 is 0 Å². The summed E-state index contributed by atoms with van der Waals surface area (Å²) in [6.07, 6.45) is 4.55. The van der Waals surface area contributed by atoms with E-state index in [0.29, 0.717) is 13.2 Å². The summed E-state index contributed by atoms with van der Waals surface area (Å²) in [6.45, 7) is 5.46. The molecular formula is C13H18N4O. The average Bonchev–Trinajstić information content (AvgIpc) is 2.80. The highest BCUT2D eigenvalue weighted by molar-refractivity contribution is 5.49. The first-order valence-corrected chi connectivity index (χ1v) is 6.11. The van der Waals surface area contributed by atoms with Crippen molar-refractivity contribution < 1.29 is 4.74 Å². The van der Waals surface area contributed by atoms with E-state index < -0.39 is 0 Å². The topological polar surface area (TPSA) is 62.8 Å². The van der Waals surface area contributed by atoms with Gasteiger partial charge in [-0.1, -0.05) is 6.92 Å². The van der Waals surface area contributed by atoms with Gasteiger partial charge >= 0.3 is 0 Å². The molecular weight excluding hydrogens is 228 g/mol. The van der Waals surface area contributed by atoms with Gasteiger partial charge in [0.25, 0.3) is 0 Å². The summed E-state index contributed by atoms with van der Waals surface area (Å²) in [5, 5.41) is 10.2. The van der Waals surface area contributed by atoms with Crippen LogP contribution in [0.2, 0.25) is 0 Å². The lowest BCUT2D eigenvalue weighted by Gasteiger charge is -2.11. The largest absolute Gasteiger partial charge is 0.490 e. The lowest BCUT2D eigenvalue weighted by atomic mass is 10.2. The maximum Gasteiger partial charge on any atom is 0.169 e. The summed E-state index contributed by atoms with van der Waals surface area (Å²) in [6, 6.07) is 3.80. The van der Waals surface area contributed by atoms with Crippen LogP contribution < -0.4 is 10.1 Å². The third-order valence-corrected chi connectivity index (χ3v) is 2.61. The molecule has 0 atom stereocenters. The lowest BCUT2D eigenvalue weighted by molar-refractivity contribution is 0.318. The van der Waals surface area contributed by atoms with E-state index in [2.05, 4.69) is 27.4 Å². The van der Waals surface area contributed by atoms with Gasteiger partial charge in [-0.25, -0.2) is 4.98 Å². The summed E-state index contributed by atoms with van der Waals surface area (Å²) in [4.78, 5) is 4.29. The molecule has 2 aromatic rings. The maximum atomic E-state index is 5.64. The van der Waals surface area contributed by atoms with E-state index in [0.717, 1.165) is 29.2 Å². The van der Waals surface area contributed by atoms with E-state index in [4.69, 9.17) is 4.74 Å². The van der Waals surface area contributed by atoms with Crippen LogP contribution in [-0.4, -0.2) is 21.8 Å². The molecule has 0 saturated heterocycles. The molecule has 5 heteroatoms. The minimum Gasteiger partial charge on any atom is -0.490 e. The van der Waals surface area contributed by atoms with Crippen molar-refractivity contribution in [1.82, 2.24) is 15.2 Å². The molecule has 2 aromatic heterocycles. The third-order valence-electron chi connectivity index (χ3n) is 2.61. The molecule has 18 heavy (non-hydrogen) atoms. The summed E-state index contributed by atoms with van der Waals surface area (Å²) in [5.74, 6) is 1.56. The zero-order valence-electron chi connectivity index (χ0n) is 10.7. The van der Waals surface area contributed by atoms with Crippen LogP contribution in [0.1, 0.15) is 24.6 Å². The number of ether oxygens (including phenoxy) is 1. The van der Waals surface area contributed by atoms with E-state index in [1.165, 1.54) is 0 Å². The number of hydrogen-bond donors (Lipinski definition) is 2. The highest BCUT2D eigenvalue weighted by Crippen LogP contribution is 2.21. The fourth-order valence-corrected chi connectivity index (χ4v) is 1.58. The van der Waals surface area contributed by atoms with Gasteiger partial charge in [0.05, 0.1) is 12.8 Å². The number of aryl methyl sites for hydroxylation is 1. The van der Waals surface area contributed by atoms with Crippen molar-refractivity contribution in [2.24, 2.45) is 0 Å². The number of aromatic nitrogens is 3. The first-order valence-electron chi connectivity index (χ1n) is 6.11. The molecule has 0 radical (unpaired) electrons. The Labute approximate surface area is 107 Å². The minimum absolute atomic E-state index is 0.682. The third kappa shape index (κ3) is 3.00. The van der Waals surface area contributed by atoms with E-state index >= 15 is 0 Å². The Hall–Kier alpha value is -2.04. The van der Waals surface area contributed by atoms with Gasteiger partial charge in [0, 0.05) is 24.0 Å². The van der Waals surface area contributed by atoms with Gasteiger partial charge in [-0.15, -0.1) is 0 Å². The van der Waals surface area contributed by atoms with Crippen molar-refractivity contribution in [3.05, 3.63) is 35.8 Å². The zero-order chi connectivity index (χ0) is 12.8. The predicted octanol–water partition coefficient (Wildman–Crippen LogP) is 2.51. The van der Waals surface area contributed by atoms with Crippen molar-refractivity contribution in [1.29, 1.82) is 0 Å². The first-order chi connectivity index (χ1) is 8.81. The van der Waals surface area contributed by atoms with Gasteiger partial charge in [0.2, 0.25) is 0 Å². The number of aromatic amines is 1. The molecule has 96 valence electrons. The van der Waals surface area contributed by atoms with Crippen LogP contribution in [0.3, 0.4) is 0 Å². The molecule has 0 aliphatic carbocycles. The fraction of sp³-hybridized carbons (Fsp3) is 0.385. The molecule has 0 saturated carbocycles. The van der Waals surface area contributed by atoms with Gasteiger partial charge in [0.15, 0.2) is 11.6 Å². The zero-order valence-corrected chi connectivity index (χ0v) is 10.7. The van der Waals surface area contributed by atoms with Gasteiger partial charge in [-0.05, 0) is 25.5 Å². The number of rotatable bonds is 6. The molecule has 2 N–H and O–H groups in total. The van der Waals surface area contributed by atoms with Crippen LogP contribution in [0.5, 0.6) is 5.75 Å². The molecule has 0 bridgehead atoms. The highest BCUT2D eigenvalue weighted by Gasteiger charge is 2.05. The smallest absolute Gasteiger partial charge is 0.169 e. The number of hydrogen-bond acceptors (Lipinski definition) is 4. The first kappa shape index (κ1) is 12.4.